The van der Waals surface area contributed by atoms with E-state index >= 15 is 0 Å². The van der Waals surface area contributed by atoms with Crippen LogP contribution in [0.5, 0.6) is 0 Å². The molecule has 0 aliphatic rings. The SMILES string of the molecule is CCN(CC)CCCN(CC)C(=O)c1c(C)n[nH]c1C. The zero-order valence-corrected chi connectivity index (χ0v) is 13.5. The Bertz CT molecular complexity index is 404. The number of aromatic amines is 1. The average Bonchev–Trinajstić information content (AvgIpc) is 2.78. The van der Waals surface area contributed by atoms with E-state index in [-0.39, 0.29) is 5.91 Å². The molecule has 0 aliphatic heterocycles. The summed E-state index contributed by atoms with van der Waals surface area (Å²) in [6.07, 6.45) is 1.01. The number of amides is 1. The number of hydrogen-bond acceptors (Lipinski definition) is 3. The van der Waals surface area contributed by atoms with Crippen molar-refractivity contribution in [3.8, 4) is 0 Å². The van der Waals surface area contributed by atoms with E-state index < -0.39 is 0 Å². The molecule has 0 spiro atoms. The predicted molar refractivity (Wildman–Crippen MR) is 82.0 cm³/mol. The third-order valence-corrected chi connectivity index (χ3v) is 3.81. The highest BCUT2D eigenvalue weighted by Crippen LogP contribution is 2.13. The monoisotopic (exact) mass is 280 g/mol. The first-order valence-electron chi connectivity index (χ1n) is 7.58. The number of H-pyrrole nitrogens is 1. The fourth-order valence-corrected chi connectivity index (χ4v) is 2.45. The lowest BCUT2D eigenvalue weighted by Crippen LogP contribution is -2.34. The summed E-state index contributed by atoms with van der Waals surface area (Å²) in [6, 6.07) is 0. The van der Waals surface area contributed by atoms with Crippen molar-refractivity contribution in [1.82, 2.24) is 20.0 Å². The number of rotatable bonds is 8. The van der Waals surface area contributed by atoms with Crippen molar-refractivity contribution in [2.24, 2.45) is 0 Å². The minimum atomic E-state index is 0.0933. The first-order valence-corrected chi connectivity index (χ1v) is 7.58. The van der Waals surface area contributed by atoms with Gasteiger partial charge >= 0.3 is 0 Å². The van der Waals surface area contributed by atoms with Crippen molar-refractivity contribution in [1.29, 1.82) is 0 Å². The van der Waals surface area contributed by atoms with Gasteiger partial charge in [-0.05, 0) is 46.8 Å². The molecule has 1 aromatic heterocycles. The van der Waals surface area contributed by atoms with Crippen LogP contribution in [0.4, 0.5) is 0 Å². The fraction of sp³-hybridized carbons (Fsp3) is 0.733. The largest absolute Gasteiger partial charge is 0.339 e. The summed E-state index contributed by atoms with van der Waals surface area (Å²) in [5.74, 6) is 0.0933. The van der Waals surface area contributed by atoms with E-state index in [1.54, 1.807) is 0 Å². The van der Waals surface area contributed by atoms with E-state index in [0.717, 1.165) is 56.1 Å². The van der Waals surface area contributed by atoms with E-state index in [1.807, 2.05) is 25.7 Å². The van der Waals surface area contributed by atoms with Crippen molar-refractivity contribution in [3.63, 3.8) is 0 Å². The first kappa shape index (κ1) is 16.7. The van der Waals surface area contributed by atoms with Crippen LogP contribution in [0.1, 0.15) is 48.9 Å². The van der Waals surface area contributed by atoms with Gasteiger partial charge in [0.15, 0.2) is 0 Å². The average molecular weight is 280 g/mol. The molecular formula is C15H28N4O. The number of aryl methyl sites for hydroxylation is 2. The molecule has 0 atom stereocenters. The van der Waals surface area contributed by atoms with E-state index in [9.17, 15) is 4.79 Å². The number of carbonyl (C=O) groups is 1. The maximum Gasteiger partial charge on any atom is 0.257 e. The van der Waals surface area contributed by atoms with Gasteiger partial charge in [0.2, 0.25) is 0 Å². The van der Waals surface area contributed by atoms with Gasteiger partial charge in [-0.3, -0.25) is 9.89 Å². The second-order valence-electron chi connectivity index (χ2n) is 5.07. The number of carbonyl (C=O) groups excluding carboxylic acids is 1. The molecule has 0 saturated heterocycles. The number of hydrogen-bond donors (Lipinski definition) is 1. The summed E-state index contributed by atoms with van der Waals surface area (Å²) in [5.41, 5.74) is 2.37. The third-order valence-electron chi connectivity index (χ3n) is 3.81. The molecule has 114 valence electrons. The highest BCUT2D eigenvalue weighted by atomic mass is 16.2. The van der Waals surface area contributed by atoms with Gasteiger partial charge in [0.05, 0.1) is 11.3 Å². The van der Waals surface area contributed by atoms with Crippen LogP contribution in [-0.4, -0.2) is 58.6 Å². The van der Waals surface area contributed by atoms with Crippen molar-refractivity contribution in [2.45, 2.75) is 41.0 Å². The summed E-state index contributed by atoms with van der Waals surface area (Å²) in [4.78, 5) is 16.8. The Labute approximate surface area is 122 Å². The van der Waals surface area contributed by atoms with Crippen LogP contribution in [0.25, 0.3) is 0 Å². The Morgan fingerprint density at radius 2 is 1.75 bits per heavy atom. The Morgan fingerprint density at radius 1 is 1.10 bits per heavy atom. The minimum Gasteiger partial charge on any atom is -0.339 e. The Balaban J connectivity index is 2.60. The molecule has 0 saturated carbocycles. The normalized spacial score (nSPS) is 11.1. The topological polar surface area (TPSA) is 52.2 Å². The van der Waals surface area contributed by atoms with Crippen molar-refractivity contribution < 1.29 is 4.79 Å². The maximum absolute atomic E-state index is 12.5. The molecule has 0 aliphatic carbocycles. The molecule has 1 rings (SSSR count). The molecule has 5 heteroatoms. The zero-order valence-electron chi connectivity index (χ0n) is 13.5. The van der Waals surface area contributed by atoms with Crippen LogP contribution in [0.15, 0.2) is 0 Å². The lowest BCUT2D eigenvalue weighted by atomic mass is 10.1. The molecule has 1 aromatic rings. The van der Waals surface area contributed by atoms with Crippen LogP contribution in [0.3, 0.4) is 0 Å². The Morgan fingerprint density at radius 3 is 2.20 bits per heavy atom. The van der Waals surface area contributed by atoms with Gasteiger partial charge in [-0.2, -0.15) is 5.10 Å². The Kier molecular flexibility index (Phi) is 6.71. The lowest BCUT2D eigenvalue weighted by Gasteiger charge is -2.23. The Hall–Kier alpha value is -1.36. The van der Waals surface area contributed by atoms with E-state index in [2.05, 4.69) is 28.9 Å². The predicted octanol–water partition coefficient (Wildman–Crippen LogP) is 2.22. The lowest BCUT2D eigenvalue weighted by molar-refractivity contribution is 0.0756. The summed E-state index contributed by atoms with van der Waals surface area (Å²) < 4.78 is 0. The van der Waals surface area contributed by atoms with Gasteiger partial charge in [-0.25, -0.2) is 0 Å². The summed E-state index contributed by atoms with van der Waals surface area (Å²) in [7, 11) is 0. The van der Waals surface area contributed by atoms with Gasteiger partial charge < -0.3 is 9.80 Å². The summed E-state index contributed by atoms with van der Waals surface area (Å²) >= 11 is 0. The minimum absolute atomic E-state index is 0.0933. The molecule has 1 N–H and O–H groups in total. The molecule has 5 nitrogen and oxygen atoms in total. The van der Waals surface area contributed by atoms with Crippen LogP contribution < -0.4 is 0 Å². The van der Waals surface area contributed by atoms with E-state index in [1.165, 1.54) is 0 Å². The van der Waals surface area contributed by atoms with Gasteiger partial charge in [-0.1, -0.05) is 13.8 Å². The van der Waals surface area contributed by atoms with Crippen LogP contribution in [0.2, 0.25) is 0 Å². The van der Waals surface area contributed by atoms with E-state index in [4.69, 9.17) is 0 Å². The molecule has 0 fully saturated rings. The molecule has 0 bridgehead atoms. The fourth-order valence-electron chi connectivity index (χ4n) is 2.45. The molecule has 0 aromatic carbocycles. The second kappa shape index (κ2) is 8.04. The molecule has 1 heterocycles. The molecule has 1 amide bonds. The van der Waals surface area contributed by atoms with Crippen molar-refractivity contribution >= 4 is 5.91 Å². The zero-order chi connectivity index (χ0) is 15.1. The molecule has 0 unspecified atom stereocenters. The van der Waals surface area contributed by atoms with Gasteiger partial charge in [0.25, 0.3) is 5.91 Å². The van der Waals surface area contributed by atoms with Crippen LogP contribution >= 0.6 is 0 Å². The van der Waals surface area contributed by atoms with Crippen LogP contribution in [0, 0.1) is 13.8 Å². The standard InChI is InChI=1S/C15H28N4O/c1-6-18(7-2)10-9-11-19(8-3)15(20)14-12(4)16-17-13(14)5/h6-11H2,1-5H3,(H,16,17). The van der Waals surface area contributed by atoms with E-state index in [0.29, 0.717) is 0 Å². The molecule has 0 radical (unpaired) electrons. The highest BCUT2D eigenvalue weighted by Gasteiger charge is 2.20. The first-order chi connectivity index (χ1) is 9.54. The number of nitrogens with one attached hydrogen (secondary N) is 1. The summed E-state index contributed by atoms with van der Waals surface area (Å²) in [6.45, 7) is 14.9. The van der Waals surface area contributed by atoms with Crippen molar-refractivity contribution in [2.75, 3.05) is 32.7 Å². The van der Waals surface area contributed by atoms with Gasteiger partial charge in [-0.15, -0.1) is 0 Å². The quantitative estimate of drug-likeness (QED) is 0.794. The van der Waals surface area contributed by atoms with Gasteiger partial charge in [0, 0.05) is 18.8 Å². The number of aromatic nitrogens is 2. The maximum atomic E-state index is 12.5. The van der Waals surface area contributed by atoms with Gasteiger partial charge in [0.1, 0.15) is 0 Å². The smallest absolute Gasteiger partial charge is 0.257 e. The second-order valence-corrected chi connectivity index (χ2v) is 5.07. The molecule has 20 heavy (non-hydrogen) atoms. The molecular weight excluding hydrogens is 252 g/mol. The summed E-state index contributed by atoms with van der Waals surface area (Å²) in [5, 5.41) is 6.99. The third kappa shape index (κ3) is 4.07. The van der Waals surface area contributed by atoms with Crippen LogP contribution in [-0.2, 0) is 0 Å². The highest BCUT2D eigenvalue weighted by molar-refractivity contribution is 5.96. The number of nitrogens with zero attached hydrogens (tertiary/aromatic N) is 3. The van der Waals surface area contributed by atoms with Crippen molar-refractivity contribution in [3.05, 3.63) is 17.0 Å².